The number of aliphatic hydroxyl groups is 1. The summed E-state index contributed by atoms with van der Waals surface area (Å²) in [4.78, 5) is 0. The fraction of sp³-hybridized carbons (Fsp3) is 0.556. The van der Waals surface area contributed by atoms with Crippen molar-refractivity contribution in [2.24, 2.45) is 5.92 Å². The molecule has 0 aromatic heterocycles. The number of aliphatic hydroxyl groups excluding tert-OH is 1. The molecular weight excluding hydrogens is 156 g/mol. The highest BCUT2D eigenvalue weighted by atomic mass is 16.5. The highest BCUT2D eigenvalue weighted by molar-refractivity contribution is 5.19. The lowest BCUT2D eigenvalue weighted by molar-refractivity contribution is -0.0545. The predicted molar refractivity (Wildman–Crippen MR) is 43.5 cm³/mol. The van der Waals surface area contributed by atoms with Gasteiger partial charge in [0.2, 0.25) is 0 Å². The van der Waals surface area contributed by atoms with E-state index >= 15 is 0 Å². The molecule has 3 heteroatoms. The molecule has 3 nitrogen and oxygen atoms in total. The smallest absolute Gasteiger partial charge is 0.148 e. The van der Waals surface area contributed by atoms with E-state index in [0.717, 1.165) is 5.57 Å². The molecule has 3 atom stereocenters. The van der Waals surface area contributed by atoms with Gasteiger partial charge in [0.1, 0.15) is 12.2 Å². The van der Waals surface area contributed by atoms with Gasteiger partial charge in [-0.15, -0.1) is 0 Å². The molecule has 2 aliphatic rings. The molecule has 2 heterocycles. The standard InChI is InChI=1S/C9H12O3/c1-6-5-12-9-7(6)2-3-11-8(9)4-10/h2-3,7-10H,1,4-5H2/t7-,8-,9+/m1/s1. The molecule has 2 rings (SSSR count). The Morgan fingerprint density at radius 1 is 1.67 bits per heavy atom. The van der Waals surface area contributed by atoms with Crippen LogP contribution in [0.2, 0.25) is 0 Å². The van der Waals surface area contributed by atoms with E-state index in [0.29, 0.717) is 6.61 Å². The van der Waals surface area contributed by atoms with E-state index in [1.165, 1.54) is 0 Å². The average Bonchev–Trinajstić information content (AvgIpc) is 2.48. The van der Waals surface area contributed by atoms with Gasteiger partial charge in [-0.1, -0.05) is 6.58 Å². The van der Waals surface area contributed by atoms with Crippen LogP contribution in [0.15, 0.2) is 24.5 Å². The first kappa shape index (κ1) is 7.83. The molecule has 0 unspecified atom stereocenters. The van der Waals surface area contributed by atoms with Crippen molar-refractivity contribution in [2.45, 2.75) is 12.2 Å². The van der Waals surface area contributed by atoms with Gasteiger partial charge in [-0.2, -0.15) is 0 Å². The van der Waals surface area contributed by atoms with Crippen molar-refractivity contribution < 1.29 is 14.6 Å². The third-order valence-electron chi connectivity index (χ3n) is 2.37. The summed E-state index contributed by atoms with van der Waals surface area (Å²) < 4.78 is 10.6. The molecule has 0 aromatic carbocycles. The summed E-state index contributed by atoms with van der Waals surface area (Å²) in [6.45, 7) is 4.48. The zero-order chi connectivity index (χ0) is 8.55. The highest BCUT2D eigenvalue weighted by Crippen LogP contribution is 2.32. The van der Waals surface area contributed by atoms with E-state index in [2.05, 4.69) is 6.58 Å². The molecule has 1 N–H and O–H groups in total. The first-order chi connectivity index (χ1) is 5.83. The second kappa shape index (κ2) is 2.92. The van der Waals surface area contributed by atoms with Crippen molar-refractivity contribution in [3.05, 3.63) is 24.5 Å². The fourth-order valence-electron chi connectivity index (χ4n) is 1.67. The Labute approximate surface area is 71.3 Å². The molecule has 1 fully saturated rings. The Morgan fingerprint density at radius 2 is 2.50 bits per heavy atom. The maximum Gasteiger partial charge on any atom is 0.148 e. The van der Waals surface area contributed by atoms with Crippen molar-refractivity contribution in [1.29, 1.82) is 0 Å². The van der Waals surface area contributed by atoms with Crippen LogP contribution in [0, 0.1) is 5.92 Å². The van der Waals surface area contributed by atoms with E-state index < -0.39 is 0 Å². The SMILES string of the molecule is C=C1CO[C@H]2[C@@H]1C=CO[C@@H]2CO. The van der Waals surface area contributed by atoms with E-state index in [9.17, 15) is 0 Å². The predicted octanol–water partition coefficient (Wildman–Crippen LogP) is 0.462. The lowest BCUT2D eigenvalue weighted by Crippen LogP contribution is -2.37. The van der Waals surface area contributed by atoms with Gasteiger partial charge in [0.05, 0.1) is 19.5 Å². The Morgan fingerprint density at radius 3 is 3.25 bits per heavy atom. The average molecular weight is 168 g/mol. The summed E-state index contributed by atoms with van der Waals surface area (Å²) in [5.41, 5.74) is 1.07. The zero-order valence-electron chi connectivity index (χ0n) is 6.77. The summed E-state index contributed by atoms with van der Waals surface area (Å²) in [6.07, 6.45) is 3.31. The van der Waals surface area contributed by atoms with Gasteiger partial charge < -0.3 is 14.6 Å². The van der Waals surface area contributed by atoms with Gasteiger partial charge in [0, 0.05) is 5.92 Å². The summed E-state index contributed by atoms with van der Waals surface area (Å²) in [6, 6.07) is 0. The lowest BCUT2D eigenvalue weighted by Gasteiger charge is -2.27. The topological polar surface area (TPSA) is 38.7 Å². The van der Waals surface area contributed by atoms with Crippen LogP contribution in [0.25, 0.3) is 0 Å². The Hall–Kier alpha value is -0.800. The minimum Gasteiger partial charge on any atom is -0.493 e. The summed E-state index contributed by atoms with van der Waals surface area (Å²) >= 11 is 0. The Kier molecular flexibility index (Phi) is 1.90. The van der Waals surface area contributed by atoms with Crippen LogP contribution in [0.3, 0.4) is 0 Å². The molecule has 0 aromatic rings. The van der Waals surface area contributed by atoms with Crippen molar-refractivity contribution in [3.8, 4) is 0 Å². The molecule has 0 amide bonds. The molecule has 12 heavy (non-hydrogen) atoms. The van der Waals surface area contributed by atoms with E-state index in [-0.39, 0.29) is 24.7 Å². The van der Waals surface area contributed by atoms with Crippen LogP contribution in [0.4, 0.5) is 0 Å². The van der Waals surface area contributed by atoms with Crippen molar-refractivity contribution in [1.82, 2.24) is 0 Å². The van der Waals surface area contributed by atoms with Gasteiger partial charge in [-0.3, -0.25) is 0 Å². The first-order valence-electron chi connectivity index (χ1n) is 4.05. The second-order valence-corrected chi connectivity index (χ2v) is 3.15. The van der Waals surface area contributed by atoms with Gasteiger partial charge in [0.15, 0.2) is 0 Å². The quantitative estimate of drug-likeness (QED) is 0.578. The largest absolute Gasteiger partial charge is 0.493 e. The number of fused-ring (bicyclic) bond motifs is 1. The molecule has 0 aliphatic carbocycles. The fourth-order valence-corrected chi connectivity index (χ4v) is 1.67. The minimum atomic E-state index is -0.223. The van der Waals surface area contributed by atoms with Crippen LogP contribution < -0.4 is 0 Å². The van der Waals surface area contributed by atoms with Gasteiger partial charge in [0.25, 0.3) is 0 Å². The summed E-state index contributed by atoms with van der Waals surface area (Å²) in [7, 11) is 0. The van der Waals surface area contributed by atoms with Crippen molar-refractivity contribution in [2.75, 3.05) is 13.2 Å². The molecule has 0 bridgehead atoms. The maximum absolute atomic E-state index is 8.96. The van der Waals surface area contributed by atoms with Gasteiger partial charge in [-0.25, -0.2) is 0 Å². The minimum absolute atomic E-state index is 0.00120. The molecule has 0 spiro atoms. The van der Waals surface area contributed by atoms with Crippen LogP contribution >= 0.6 is 0 Å². The van der Waals surface area contributed by atoms with Crippen molar-refractivity contribution in [3.63, 3.8) is 0 Å². The molecule has 0 saturated carbocycles. The third-order valence-corrected chi connectivity index (χ3v) is 2.37. The van der Waals surface area contributed by atoms with Crippen LogP contribution in [0.1, 0.15) is 0 Å². The number of hydrogen-bond acceptors (Lipinski definition) is 3. The number of rotatable bonds is 1. The van der Waals surface area contributed by atoms with Crippen LogP contribution in [-0.2, 0) is 9.47 Å². The number of hydrogen-bond donors (Lipinski definition) is 1. The van der Waals surface area contributed by atoms with E-state index in [1.54, 1.807) is 6.26 Å². The normalized spacial score (nSPS) is 39.4. The third kappa shape index (κ3) is 1.06. The second-order valence-electron chi connectivity index (χ2n) is 3.15. The summed E-state index contributed by atoms with van der Waals surface area (Å²) in [5, 5.41) is 8.96. The van der Waals surface area contributed by atoms with Gasteiger partial charge in [-0.05, 0) is 11.6 Å². The van der Waals surface area contributed by atoms with Gasteiger partial charge >= 0.3 is 0 Å². The molecular formula is C9H12O3. The monoisotopic (exact) mass is 168 g/mol. The van der Waals surface area contributed by atoms with E-state index in [4.69, 9.17) is 14.6 Å². The maximum atomic E-state index is 8.96. The summed E-state index contributed by atoms with van der Waals surface area (Å²) in [5.74, 6) is 0.232. The van der Waals surface area contributed by atoms with Crippen LogP contribution in [0.5, 0.6) is 0 Å². The molecule has 2 aliphatic heterocycles. The number of ether oxygens (including phenoxy) is 2. The van der Waals surface area contributed by atoms with Crippen molar-refractivity contribution >= 4 is 0 Å². The molecule has 0 radical (unpaired) electrons. The zero-order valence-corrected chi connectivity index (χ0v) is 6.77. The Balaban J connectivity index is 2.18. The van der Waals surface area contributed by atoms with Crippen LogP contribution in [-0.4, -0.2) is 30.5 Å². The highest BCUT2D eigenvalue weighted by Gasteiger charge is 2.38. The van der Waals surface area contributed by atoms with E-state index in [1.807, 2.05) is 6.08 Å². The molecule has 66 valence electrons. The first-order valence-corrected chi connectivity index (χ1v) is 4.05. The molecule has 1 saturated heterocycles. The lowest BCUT2D eigenvalue weighted by atomic mass is 9.93. The Bertz CT molecular complexity index is 222.